The molecule has 0 saturated heterocycles. The van der Waals surface area contributed by atoms with Crippen LogP contribution in [0.5, 0.6) is 0 Å². The van der Waals surface area contributed by atoms with Gasteiger partial charge in [0.2, 0.25) is 10.0 Å². The summed E-state index contributed by atoms with van der Waals surface area (Å²) in [5.41, 5.74) is 0.812. The molecular weight excluding hydrogens is 519 g/mol. The van der Waals surface area contributed by atoms with Crippen LogP contribution in [0.25, 0.3) is 22.3 Å². The van der Waals surface area contributed by atoms with Gasteiger partial charge in [0.15, 0.2) is 17.4 Å². The maximum Gasteiger partial charge on any atom is 0.232 e. The Labute approximate surface area is 210 Å². The lowest BCUT2D eigenvalue weighted by Gasteiger charge is -2.13. The number of sulfonamides is 1. The van der Waals surface area contributed by atoms with E-state index < -0.39 is 43.7 Å². The highest BCUT2D eigenvalue weighted by molar-refractivity contribution is 7.92. The van der Waals surface area contributed by atoms with Crippen LogP contribution in [0.2, 0.25) is 10.0 Å². The molecule has 0 amide bonds. The number of benzene rings is 3. The van der Waals surface area contributed by atoms with Gasteiger partial charge in [-0.1, -0.05) is 42.3 Å². The smallest absolute Gasteiger partial charge is 0.232 e. The molecule has 0 spiro atoms. The minimum atomic E-state index is -3.87. The summed E-state index contributed by atoms with van der Waals surface area (Å²) < 4.78 is 55.4. The molecule has 0 saturated carbocycles. The van der Waals surface area contributed by atoms with Gasteiger partial charge in [-0.3, -0.25) is 14.5 Å². The number of nitrogens with one attached hydrogen (secondary N) is 1. The largest absolute Gasteiger partial charge is 0.288 e. The lowest BCUT2D eigenvalue weighted by molar-refractivity contribution is 0.103. The van der Waals surface area contributed by atoms with Crippen molar-refractivity contribution in [1.29, 1.82) is 0 Å². The second kappa shape index (κ2) is 9.85. The molecule has 0 aliphatic heterocycles. The van der Waals surface area contributed by atoms with Crippen molar-refractivity contribution in [1.82, 2.24) is 9.97 Å². The van der Waals surface area contributed by atoms with Gasteiger partial charge in [0.05, 0.1) is 45.0 Å². The Hall–Kier alpha value is -3.14. The van der Waals surface area contributed by atoms with Gasteiger partial charge in [-0.15, -0.1) is 0 Å². The average molecular weight is 536 g/mol. The molecule has 6 nitrogen and oxygen atoms in total. The quantitative estimate of drug-likeness (QED) is 0.222. The average Bonchev–Trinajstić information content (AvgIpc) is 2.82. The Kier molecular flexibility index (Phi) is 7.02. The molecule has 1 heterocycles. The van der Waals surface area contributed by atoms with Crippen LogP contribution in [0.15, 0.2) is 54.7 Å². The zero-order valence-electron chi connectivity index (χ0n) is 18.1. The van der Waals surface area contributed by atoms with Gasteiger partial charge in [-0.2, -0.15) is 0 Å². The zero-order valence-corrected chi connectivity index (χ0v) is 20.5. The van der Waals surface area contributed by atoms with Crippen molar-refractivity contribution >= 4 is 55.7 Å². The lowest BCUT2D eigenvalue weighted by atomic mass is 10.0. The van der Waals surface area contributed by atoms with E-state index in [1.165, 1.54) is 18.2 Å². The van der Waals surface area contributed by atoms with Crippen molar-refractivity contribution in [2.75, 3.05) is 10.5 Å². The number of aromatic nitrogens is 2. The number of carbonyl (C=O) groups is 1. The number of rotatable bonds is 7. The summed E-state index contributed by atoms with van der Waals surface area (Å²) in [5.74, 6) is -4.11. The molecule has 0 bridgehead atoms. The van der Waals surface area contributed by atoms with Gasteiger partial charge in [-0.25, -0.2) is 22.2 Å². The molecule has 0 fully saturated rings. The van der Waals surface area contributed by atoms with Gasteiger partial charge < -0.3 is 0 Å². The van der Waals surface area contributed by atoms with Crippen LogP contribution in [0.3, 0.4) is 0 Å². The van der Waals surface area contributed by atoms with Gasteiger partial charge in [0, 0.05) is 22.2 Å². The lowest BCUT2D eigenvalue weighted by Crippen LogP contribution is -2.18. The summed E-state index contributed by atoms with van der Waals surface area (Å²) in [4.78, 5) is 22.0. The van der Waals surface area contributed by atoms with Crippen LogP contribution in [0.4, 0.5) is 14.5 Å². The van der Waals surface area contributed by atoms with Crippen molar-refractivity contribution in [2.24, 2.45) is 0 Å². The molecule has 0 aliphatic carbocycles. The molecule has 11 heteroatoms. The fourth-order valence-corrected chi connectivity index (χ4v) is 5.01. The molecule has 4 aromatic rings. The first-order chi connectivity index (χ1) is 16.6. The summed E-state index contributed by atoms with van der Waals surface area (Å²) in [6.07, 6.45) is 1.85. The van der Waals surface area contributed by atoms with E-state index in [0.717, 1.165) is 5.56 Å². The molecule has 0 radical (unpaired) electrons. The van der Waals surface area contributed by atoms with Gasteiger partial charge in [0.1, 0.15) is 0 Å². The molecule has 0 unspecified atom stereocenters. The number of carbonyl (C=O) groups excluding carboxylic acids is 1. The van der Waals surface area contributed by atoms with Crippen LogP contribution in [0, 0.1) is 11.6 Å². The summed E-state index contributed by atoms with van der Waals surface area (Å²) in [7, 11) is -3.87. The minimum absolute atomic E-state index is 0.0335. The molecule has 35 heavy (non-hydrogen) atoms. The number of hydrogen-bond donors (Lipinski definition) is 1. The zero-order chi connectivity index (χ0) is 25.3. The predicted octanol–water partition coefficient (Wildman–Crippen LogP) is 6.26. The summed E-state index contributed by atoms with van der Waals surface area (Å²) in [6.45, 7) is 1.64. The van der Waals surface area contributed by atoms with E-state index in [9.17, 15) is 22.0 Å². The number of halogens is 4. The van der Waals surface area contributed by atoms with Gasteiger partial charge in [-0.05, 0) is 36.8 Å². The third-order valence-electron chi connectivity index (χ3n) is 5.07. The van der Waals surface area contributed by atoms with E-state index >= 15 is 0 Å². The minimum Gasteiger partial charge on any atom is -0.288 e. The van der Waals surface area contributed by atoms with E-state index in [1.807, 2.05) is 0 Å². The first kappa shape index (κ1) is 25.0. The van der Waals surface area contributed by atoms with Crippen molar-refractivity contribution in [3.63, 3.8) is 0 Å². The SMILES string of the molecule is CCCS(=O)(=O)Nc1cc(F)c(F)c(C(=O)c2ccc3ncc(-c4ccc(Cl)cc4)nc3c2)c1Cl. The normalized spacial score (nSPS) is 11.6. The van der Waals surface area contributed by atoms with Crippen molar-refractivity contribution < 1.29 is 22.0 Å². The Bertz CT molecular complexity index is 1560. The van der Waals surface area contributed by atoms with E-state index in [2.05, 4.69) is 14.7 Å². The first-order valence-electron chi connectivity index (χ1n) is 10.3. The molecule has 4 rings (SSSR count). The van der Waals surface area contributed by atoms with Crippen molar-refractivity contribution in [3.05, 3.63) is 87.5 Å². The monoisotopic (exact) mass is 535 g/mol. The number of nitrogens with zero attached hydrogens (tertiary/aromatic N) is 2. The highest BCUT2D eigenvalue weighted by Gasteiger charge is 2.26. The Morgan fingerprint density at radius 2 is 1.74 bits per heavy atom. The summed E-state index contributed by atoms with van der Waals surface area (Å²) in [5, 5.41) is 0.00964. The number of anilines is 1. The van der Waals surface area contributed by atoms with Crippen molar-refractivity contribution in [3.8, 4) is 11.3 Å². The highest BCUT2D eigenvalue weighted by atomic mass is 35.5. The maximum atomic E-state index is 14.7. The van der Waals surface area contributed by atoms with E-state index in [0.29, 0.717) is 34.2 Å². The van der Waals surface area contributed by atoms with Crippen LogP contribution in [0.1, 0.15) is 29.3 Å². The molecule has 180 valence electrons. The molecule has 1 aromatic heterocycles. The summed E-state index contributed by atoms with van der Waals surface area (Å²) in [6, 6.07) is 11.8. The van der Waals surface area contributed by atoms with Gasteiger partial charge in [0.25, 0.3) is 0 Å². The molecule has 0 atom stereocenters. The fourth-order valence-electron chi connectivity index (χ4n) is 3.42. The third kappa shape index (κ3) is 5.27. The number of fused-ring (bicyclic) bond motifs is 1. The number of ketones is 1. The molecule has 1 N–H and O–H groups in total. The summed E-state index contributed by atoms with van der Waals surface area (Å²) >= 11 is 12.1. The van der Waals surface area contributed by atoms with Crippen LogP contribution in [-0.4, -0.2) is 29.9 Å². The first-order valence-corrected chi connectivity index (χ1v) is 12.8. The third-order valence-corrected chi connectivity index (χ3v) is 7.19. The fraction of sp³-hybridized carbons (Fsp3) is 0.125. The number of hydrogen-bond acceptors (Lipinski definition) is 5. The molecule has 3 aromatic carbocycles. The second-order valence-electron chi connectivity index (χ2n) is 7.62. The van der Waals surface area contributed by atoms with Crippen LogP contribution in [-0.2, 0) is 10.0 Å². The van der Waals surface area contributed by atoms with E-state index in [1.54, 1.807) is 37.4 Å². The van der Waals surface area contributed by atoms with Gasteiger partial charge >= 0.3 is 0 Å². The Balaban J connectivity index is 1.77. The maximum absolute atomic E-state index is 14.7. The Morgan fingerprint density at radius 1 is 1.03 bits per heavy atom. The standard InChI is InChI=1S/C24H17Cl2F2N3O3S/c1-2-9-35(33,34)31-19-11-16(27)23(28)21(22(19)26)24(32)14-5-8-17-18(10-14)30-20(12-29-17)13-3-6-15(25)7-4-13/h3-8,10-12,31H,2,9H2,1H3. The van der Waals surface area contributed by atoms with E-state index in [-0.39, 0.29) is 11.3 Å². The van der Waals surface area contributed by atoms with Crippen LogP contribution >= 0.6 is 23.2 Å². The highest BCUT2D eigenvalue weighted by Crippen LogP contribution is 2.33. The second-order valence-corrected chi connectivity index (χ2v) is 10.3. The predicted molar refractivity (Wildman–Crippen MR) is 132 cm³/mol. The van der Waals surface area contributed by atoms with Crippen molar-refractivity contribution in [2.45, 2.75) is 13.3 Å². The Morgan fingerprint density at radius 3 is 2.43 bits per heavy atom. The topological polar surface area (TPSA) is 89.0 Å². The van der Waals surface area contributed by atoms with Crippen LogP contribution < -0.4 is 4.72 Å². The van der Waals surface area contributed by atoms with E-state index in [4.69, 9.17) is 23.2 Å². The molecule has 0 aliphatic rings. The molecular formula is C24H17Cl2F2N3O3S.